The number of benzene rings is 2. The zero-order valence-corrected chi connectivity index (χ0v) is 14.8. The monoisotopic (exact) mass is 326 g/mol. The Kier molecular flexibility index (Phi) is 5.99. The molecule has 0 aromatic heterocycles. The average Bonchev–Trinajstić information content (AvgIpc) is 2.57. The van der Waals surface area contributed by atoms with E-state index in [9.17, 15) is 4.79 Å². The molecule has 3 N–H and O–H groups in total. The second-order valence-corrected chi connectivity index (χ2v) is 6.33. The Labute approximate surface area is 144 Å². The van der Waals surface area contributed by atoms with Gasteiger partial charge < -0.3 is 15.8 Å². The van der Waals surface area contributed by atoms with Crippen LogP contribution in [0.15, 0.2) is 42.5 Å². The van der Waals surface area contributed by atoms with Gasteiger partial charge in [0.05, 0.1) is 0 Å². The summed E-state index contributed by atoms with van der Waals surface area (Å²) in [6.07, 6.45) is -0.583. The van der Waals surface area contributed by atoms with Crippen LogP contribution < -0.4 is 15.8 Å². The normalized spacial score (nSPS) is 12.1. The van der Waals surface area contributed by atoms with Crippen molar-refractivity contribution in [2.24, 2.45) is 5.73 Å². The quantitative estimate of drug-likeness (QED) is 0.844. The lowest BCUT2D eigenvalue weighted by Gasteiger charge is -2.18. The molecule has 1 atom stereocenters. The molecule has 0 aliphatic carbocycles. The van der Waals surface area contributed by atoms with Gasteiger partial charge in [-0.1, -0.05) is 38.1 Å². The standard InChI is InChI=1S/C20H26N2O2/c1-13(2)17-8-5-14(3)19(11-17)24-15(4)20(23)22-18-9-6-16(12-21)7-10-18/h5-11,13,15H,12,21H2,1-4H3,(H,22,23). The summed E-state index contributed by atoms with van der Waals surface area (Å²) in [5.74, 6) is 0.991. The molecule has 0 saturated heterocycles. The van der Waals surface area contributed by atoms with Gasteiger partial charge in [-0.25, -0.2) is 0 Å². The molecular weight excluding hydrogens is 300 g/mol. The molecular formula is C20H26N2O2. The van der Waals surface area contributed by atoms with Crippen molar-refractivity contribution in [1.82, 2.24) is 0 Å². The number of nitrogens with two attached hydrogens (primary N) is 1. The predicted molar refractivity (Wildman–Crippen MR) is 98.3 cm³/mol. The second kappa shape index (κ2) is 7.97. The van der Waals surface area contributed by atoms with Crippen LogP contribution in [0.5, 0.6) is 5.75 Å². The first-order valence-electron chi connectivity index (χ1n) is 8.27. The van der Waals surface area contributed by atoms with Crippen molar-refractivity contribution >= 4 is 11.6 Å². The van der Waals surface area contributed by atoms with Crippen LogP contribution in [0.4, 0.5) is 5.69 Å². The van der Waals surface area contributed by atoms with E-state index in [2.05, 4.69) is 25.2 Å². The van der Waals surface area contributed by atoms with Gasteiger partial charge in [0.25, 0.3) is 5.91 Å². The number of ether oxygens (including phenoxy) is 1. The molecule has 4 nitrogen and oxygen atoms in total. The summed E-state index contributed by atoms with van der Waals surface area (Å²) >= 11 is 0. The first-order valence-corrected chi connectivity index (χ1v) is 8.27. The predicted octanol–water partition coefficient (Wildman–Crippen LogP) is 3.98. The zero-order valence-electron chi connectivity index (χ0n) is 14.8. The van der Waals surface area contributed by atoms with E-state index in [4.69, 9.17) is 10.5 Å². The topological polar surface area (TPSA) is 64.3 Å². The highest BCUT2D eigenvalue weighted by Crippen LogP contribution is 2.25. The zero-order chi connectivity index (χ0) is 17.7. The number of rotatable bonds is 6. The largest absolute Gasteiger partial charge is 0.481 e. The van der Waals surface area contributed by atoms with Crippen LogP contribution >= 0.6 is 0 Å². The molecule has 0 radical (unpaired) electrons. The molecule has 0 heterocycles. The Hall–Kier alpha value is -2.33. The number of aryl methyl sites for hydroxylation is 1. The number of carbonyl (C=O) groups excluding carboxylic acids is 1. The fourth-order valence-corrected chi connectivity index (χ4v) is 2.31. The first kappa shape index (κ1) is 18.0. The summed E-state index contributed by atoms with van der Waals surface area (Å²) in [6, 6.07) is 13.6. The molecule has 0 aliphatic heterocycles. The lowest BCUT2D eigenvalue weighted by Crippen LogP contribution is -2.30. The number of amides is 1. The molecule has 2 rings (SSSR count). The minimum atomic E-state index is -0.583. The number of carbonyl (C=O) groups is 1. The van der Waals surface area contributed by atoms with E-state index in [1.54, 1.807) is 6.92 Å². The molecule has 2 aromatic carbocycles. The number of nitrogens with one attached hydrogen (secondary N) is 1. The molecule has 128 valence electrons. The first-order chi connectivity index (χ1) is 11.4. The molecule has 1 amide bonds. The maximum absolute atomic E-state index is 12.3. The highest BCUT2D eigenvalue weighted by Gasteiger charge is 2.16. The van der Waals surface area contributed by atoms with Crippen LogP contribution in [0.25, 0.3) is 0 Å². The van der Waals surface area contributed by atoms with Crippen molar-refractivity contribution in [2.75, 3.05) is 5.32 Å². The van der Waals surface area contributed by atoms with Gasteiger partial charge in [0.2, 0.25) is 0 Å². The summed E-state index contributed by atoms with van der Waals surface area (Å²) in [7, 11) is 0. The molecule has 0 saturated carbocycles. The Morgan fingerprint density at radius 2 is 1.79 bits per heavy atom. The van der Waals surface area contributed by atoms with Gasteiger partial charge in [0.15, 0.2) is 6.10 Å². The van der Waals surface area contributed by atoms with Gasteiger partial charge in [0, 0.05) is 12.2 Å². The third kappa shape index (κ3) is 4.59. The van der Waals surface area contributed by atoms with Crippen LogP contribution in [-0.4, -0.2) is 12.0 Å². The molecule has 1 unspecified atom stereocenters. The Balaban J connectivity index is 2.04. The van der Waals surface area contributed by atoms with Crippen LogP contribution in [0, 0.1) is 6.92 Å². The summed E-state index contributed by atoms with van der Waals surface area (Å²) < 4.78 is 5.88. The van der Waals surface area contributed by atoms with Gasteiger partial charge in [-0.2, -0.15) is 0 Å². The fraction of sp³-hybridized carbons (Fsp3) is 0.350. The van der Waals surface area contributed by atoms with E-state index in [1.807, 2.05) is 43.3 Å². The molecule has 2 aromatic rings. The lowest BCUT2D eigenvalue weighted by molar-refractivity contribution is -0.122. The van der Waals surface area contributed by atoms with Gasteiger partial charge >= 0.3 is 0 Å². The van der Waals surface area contributed by atoms with Crippen molar-refractivity contribution in [2.45, 2.75) is 46.3 Å². The Morgan fingerprint density at radius 1 is 1.12 bits per heavy atom. The summed E-state index contributed by atoms with van der Waals surface area (Å²) in [5.41, 5.74) is 9.55. The molecule has 0 fully saturated rings. The molecule has 0 bridgehead atoms. The maximum atomic E-state index is 12.3. The summed E-state index contributed by atoms with van der Waals surface area (Å²) in [6.45, 7) is 8.49. The second-order valence-electron chi connectivity index (χ2n) is 6.33. The van der Waals surface area contributed by atoms with E-state index in [-0.39, 0.29) is 5.91 Å². The van der Waals surface area contributed by atoms with Crippen molar-refractivity contribution in [3.05, 3.63) is 59.2 Å². The van der Waals surface area contributed by atoms with Crippen LogP contribution in [0.3, 0.4) is 0 Å². The van der Waals surface area contributed by atoms with Crippen molar-refractivity contribution < 1.29 is 9.53 Å². The third-order valence-corrected chi connectivity index (χ3v) is 4.01. The smallest absolute Gasteiger partial charge is 0.265 e. The van der Waals surface area contributed by atoms with E-state index >= 15 is 0 Å². The van der Waals surface area contributed by atoms with Gasteiger partial charge in [-0.15, -0.1) is 0 Å². The van der Waals surface area contributed by atoms with Gasteiger partial charge in [-0.3, -0.25) is 4.79 Å². The Morgan fingerprint density at radius 3 is 2.38 bits per heavy atom. The van der Waals surface area contributed by atoms with E-state index in [0.717, 1.165) is 22.6 Å². The average molecular weight is 326 g/mol. The number of anilines is 1. The number of hydrogen-bond donors (Lipinski definition) is 2. The molecule has 24 heavy (non-hydrogen) atoms. The third-order valence-electron chi connectivity index (χ3n) is 4.01. The highest BCUT2D eigenvalue weighted by atomic mass is 16.5. The van der Waals surface area contributed by atoms with E-state index in [1.165, 1.54) is 5.56 Å². The van der Waals surface area contributed by atoms with Gasteiger partial charge in [-0.05, 0) is 54.7 Å². The van der Waals surface area contributed by atoms with E-state index < -0.39 is 6.10 Å². The molecule has 4 heteroatoms. The molecule has 0 aliphatic rings. The van der Waals surface area contributed by atoms with Crippen molar-refractivity contribution in [1.29, 1.82) is 0 Å². The van der Waals surface area contributed by atoms with Crippen LogP contribution in [0.2, 0.25) is 0 Å². The number of hydrogen-bond acceptors (Lipinski definition) is 3. The molecule has 0 spiro atoms. The lowest BCUT2D eigenvalue weighted by atomic mass is 10.0. The van der Waals surface area contributed by atoms with Gasteiger partial charge in [0.1, 0.15) is 5.75 Å². The highest BCUT2D eigenvalue weighted by molar-refractivity contribution is 5.94. The maximum Gasteiger partial charge on any atom is 0.265 e. The summed E-state index contributed by atoms with van der Waals surface area (Å²) in [4.78, 5) is 12.3. The van der Waals surface area contributed by atoms with Crippen LogP contribution in [-0.2, 0) is 11.3 Å². The minimum Gasteiger partial charge on any atom is -0.481 e. The van der Waals surface area contributed by atoms with Crippen molar-refractivity contribution in [3.8, 4) is 5.75 Å². The van der Waals surface area contributed by atoms with E-state index in [0.29, 0.717) is 12.5 Å². The summed E-state index contributed by atoms with van der Waals surface area (Å²) in [5, 5.41) is 2.87. The minimum absolute atomic E-state index is 0.176. The van der Waals surface area contributed by atoms with Crippen molar-refractivity contribution in [3.63, 3.8) is 0 Å². The Bertz CT molecular complexity index is 693. The SMILES string of the molecule is Cc1ccc(C(C)C)cc1OC(C)C(=O)Nc1ccc(CN)cc1. The fourth-order valence-electron chi connectivity index (χ4n) is 2.31. The van der Waals surface area contributed by atoms with Crippen LogP contribution in [0.1, 0.15) is 43.4 Å².